The Balaban J connectivity index is 2.68. The summed E-state index contributed by atoms with van der Waals surface area (Å²) in [5, 5.41) is 0. The van der Waals surface area contributed by atoms with E-state index < -0.39 is 5.60 Å². The topological polar surface area (TPSA) is 26.3 Å². The molecule has 0 spiro atoms. The van der Waals surface area contributed by atoms with Gasteiger partial charge in [0.05, 0.1) is 0 Å². The number of carbonyl (C=O) groups excluding carboxylic acids is 1. The third kappa shape index (κ3) is 4.79. The molecule has 0 amide bonds. The quantitative estimate of drug-likeness (QED) is 0.470. The van der Waals surface area contributed by atoms with Gasteiger partial charge in [-0.3, -0.25) is 0 Å². The Morgan fingerprint density at radius 2 is 1.94 bits per heavy atom. The predicted molar refractivity (Wildman–Crippen MR) is 74.0 cm³/mol. The highest BCUT2D eigenvalue weighted by atomic mass is 127. The molecule has 1 aromatic carbocycles. The highest BCUT2D eigenvalue weighted by molar-refractivity contribution is 14.1. The van der Waals surface area contributed by atoms with Crippen LogP contribution in [0.4, 0.5) is 0 Å². The fourth-order valence-corrected chi connectivity index (χ4v) is 1.67. The lowest BCUT2D eigenvalue weighted by Gasteiger charge is -2.17. The minimum absolute atomic E-state index is 0.313. The zero-order chi connectivity index (χ0) is 12.2. The average molecular weight is 330 g/mol. The summed E-state index contributed by atoms with van der Waals surface area (Å²) in [4.78, 5) is 11.4. The second-order valence-corrected chi connectivity index (χ2v) is 5.55. The van der Waals surface area contributed by atoms with Gasteiger partial charge < -0.3 is 4.74 Å². The number of benzene rings is 1. The van der Waals surface area contributed by atoms with E-state index >= 15 is 0 Å². The van der Waals surface area contributed by atoms with Crippen LogP contribution in [0.25, 0.3) is 6.08 Å². The largest absolute Gasteiger partial charge is 0.457 e. The van der Waals surface area contributed by atoms with Crippen LogP contribution < -0.4 is 0 Å². The number of halogens is 1. The summed E-state index contributed by atoms with van der Waals surface area (Å²) >= 11 is 2.23. The molecular weight excluding hydrogens is 315 g/mol. The predicted octanol–water partition coefficient (Wildman–Crippen LogP) is 3.65. The summed E-state index contributed by atoms with van der Waals surface area (Å²) in [6.45, 7) is 5.56. The number of hydrogen-bond donors (Lipinski definition) is 0. The van der Waals surface area contributed by atoms with E-state index in [9.17, 15) is 4.79 Å². The highest BCUT2D eigenvalue weighted by Gasteiger charge is 2.13. The van der Waals surface area contributed by atoms with E-state index in [1.54, 1.807) is 6.08 Å². The van der Waals surface area contributed by atoms with Crippen molar-refractivity contribution in [1.82, 2.24) is 0 Å². The van der Waals surface area contributed by atoms with Gasteiger partial charge in [0, 0.05) is 9.65 Å². The van der Waals surface area contributed by atoms with E-state index in [1.165, 1.54) is 6.08 Å². The smallest absolute Gasteiger partial charge is 0.331 e. The molecule has 0 radical (unpaired) electrons. The molecule has 0 saturated heterocycles. The van der Waals surface area contributed by atoms with E-state index in [2.05, 4.69) is 22.6 Å². The van der Waals surface area contributed by atoms with Crippen molar-refractivity contribution in [1.29, 1.82) is 0 Å². The Morgan fingerprint density at radius 1 is 1.31 bits per heavy atom. The van der Waals surface area contributed by atoms with Crippen LogP contribution in [0.15, 0.2) is 30.3 Å². The van der Waals surface area contributed by atoms with Crippen molar-refractivity contribution < 1.29 is 9.53 Å². The molecule has 1 rings (SSSR count). The van der Waals surface area contributed by atoms with Gasteiger partial charge in [0.15, 0.2) is 0 Å². The van der Waals surface area contributed by atoms with Gasteiger partial charge >= 0.3 is 5.97 Å². The van der Waals surface area contributed by atoms with E-state index in [4.69, 9.17) is 4.74 Å². The van der Waals surface area contributed by atoms with Gasteiger partial charge in [0.1, 0.15) is 5.60 Å². The first-order valence-electron chi connectivity index (χ1n) is 5.04. The maximum absolute atomic E-state index is 11.4. The van der Waals surface area contributed by atoms with Crippen LogP contribution in [-0.4, -0.2) is 11.6 Å². The zero-order valence-electron chi connectivity index (χ0n) is 9.66. The molecule has 0 aliphatic rings. The fourth-order valence-electron chi connectivity index (χ4n) is 1.10. The molecule has 0 saturated carbocycles. The summed E-state index contributed by atoms with van der Waals surface area (Å²) in [5.74, 6) is -0.313. The third-order valence-electron chi connectivity index (χ3n) is 1.71. The molecule has 0 aliphatic heterocycles. The van der Waals surface area contributed by atoms with Crippen molar-refractivity contribution in [2.75, 3.05) is 0 Å². The van der Waals surface area contributed by atoms with Crippen LogP contribution in [0.3, 0.4) is 0 Å². The molecule has 0 heterocycles. The minimum atomic E-state index is -0.439. The molecule has 0 fully saturated rings. The lowest BCUT2D eigenvalue weighted by molar-refractivity contribution is -0.148. The molecule has 3 heteroatoms. The maximum atomic E-state index is 11.4. The van der Waals surface area contributed by atoms with Gasteiger partial charge in [0.2, 0.25) is 0 Å². The zero-order valence-corrected chi connectivity index (χ0v) is 11.8. The molecule has 0 unspecified atom stereocenters. The number of rotatable bonds is 2. The first-order valence-corrected chi connectivity index (χ1v) is 6.12. The Morgan fingerprint density at radius 3 is 2.50 bits per heavy atom. The van der Waals surface area contributed by atoms with Crippen LogP contribution in [0.2, 0.25) is 0 Å². The summed E-state index contributed by atoms with van der Waals surface area (Å²) in [7, 11) is 0. The van der Waals surface area contributed by atoms with Crippen LogP contribution >= 0.6 is 22.6 Å². The summed E-state index contributed by atoms with van der Waals surface area (Å²) < 4.78 is 6.28. The molecule has 0 N–H and O–H groups in total. The second-order valence-electron chi connectivity index (χ2n) is 4.39. The van der Waals surface area contributed by atoms with Crippen molar-refractivity contribution in [2.45, 2.75) is 26.4 Å². The van der Waals surface area contributed by atoms with E-state index in [1.807, 2.05) is 45.0 Å². The van der Waals surface area contributed by atoms with Gasteiger partial charge in [0.25, 0.3) is 0 Å². The number of hydrogen-bond acceptors (Lipinski definition) is 2. The van der Waals surface area contributed by atoms with Gasteiger partial charge in [-0.1, -0.05) is 18.2 Å². The van der Waals surface area contributed by atoms with Crippen LogP contribution in [-0.2, 0) is 9.53 Å². The average Bonchev–Trinajstić information content (AvgIpc) is 2.14. The highest BCUT2D eigenvalue weighted by Crippen LogP contribution is 2.13. The molecule has 0 aliphatic carbocycles. The molecule has 16 heavy (non-hydrogen) atoms. The van der Waals surface area contributed by atoms with Crippen molar-refractivity contribution >= 4 is 34.6 Å². The van der Waals surface area contributed by atoms with Gasteiger partial charge in [-0.25, -0.2) is 4.79 Å². The Bertz CT molecular complexity index is 403. The van der Waals surface area contributed by atoms with E-state index in [0.29, 0.717) is 0 Å². The maximum Gasteiger partial charge on any atom is 0.331 e. The Labute approximate surface area is 110 Å². The SMILES string of the molecule is CC(C)(C)OC(=O)C=Cc1ccccc1I. The molecule has 1 aromatic rings. The molecule has 2 nitrogen and oxygen atoms in total. The van der Waals surface area contributed by atoms with Gasteiger partial charge in [-0.15, -0.1) is 0 Å². The second kappa shape index (κ2) is 5.48. The lowest BCUT2D eigenvalue weighted by atomic mass is 10.2. The van der Waals surface area contributed by atoms with Crippen molar-refractivity contribution in [3.8, 4) is 0 Å². The number of carbonyl (C=O) groups is 1. The molecular formula is C13H15IO2. The molecule has 0 bridgehead atoms. The normalized spacial score (nSPS) is 11.8. The first-order chi connectivity index (χ1) is 7.38. The Hall–Kier alpha value is -0.840. The summed E-state index contributed by atoms with van der Waals surface area (Å²) in [6.07, 6.45) is 3.23. The summed E-state index contributed by atoms with van der Waals surface area (Å²) in [5.41, 5.74) is 0.583. The van der Waals surface area contributed by atoms with Crippen molar-refractivity contribution in [2.24, 2.45) is 0 Å². The van der Waals surface area contributed by atoms with Crippen molar-refractivity contribution in [3.63, 3.8) is 0 Å². The van der Waals surface area contributed by atoms with Crippen molar-refractivity contribution in [3.05, 3.63) is 39.5 Å². The Kier molecular flexibility index (Phi) is 4.53. The number of ether oxygens (including phenoxy) is 1. The monoisotopic (exact) mass is 330 g/mol. The van der Waals surface area contributed by atoms with E-state index in [0.717, 1.165) is 9.13 Å². The third-order valence-corrected chi connectivity index (χ3v) is 2.69. The van der Waals surface area contributed by atoms with Crippen LogP contribution in [0.1, 0.15) is 26.3 Å². The fraction of sp³-hybridized carbons (Fsp3) is 0.308. The molecule has 0 atom stereocenters. The standard InChI is InChI=1S/C13H15IO2/c1-13(2,3)16-12(15)9-8-10-6-4-5-7-11(10)14/h4-9H,1-3H3. The van der Waals surface area contributed by atoms with Gasteiger partial charge in [-0.2, -0.15) is 0 Å². The first kappa shape index (κ1) is 13.2. The van der Waals surface area contributed by atoms with Crippen LogP contribution in [0.5, 0.6) is 0 Å². The lowest BCUT2D eigenvalue weighted by Crippen LogP contribution is -2.22. The van der Waals surface area contributed by atoms with E-state index in [-0.39, 0.29) is 5.97 Å². The van der Waals surface area contributed by atoms with Gasteiger partial charge in [-0.05, 0) is 61.1 Å². The number of esters is 1. The van der Waals surface area contributed by atoms with Crippen LogP contribution in [0, 0.1) is 3.57 Å². The molecule has 86 valence electrons. The molecule has 0 aromatic heterocycles. The minimum Gasteiger partial charge on any atom is -0.457 e. The summed E-state index contributed by atoms with van der Waals surface area (Å²) in [6, 6.07) is 7.86.